The number of nitrogens with zero attached hydrogens (tertiary/aromatic N) is 1. The van der Waals surface area contributed by atoms with E-state index in [1.165, 1.54) is 34.8 Å². The van der Waals surface area contributed by atoms with Crippen LogP contribution in [0.4, 0.5) is 0 Å². The lowest BCUT2D eigenvalue weighted by molar-refractivity contribution is -0.0581. The molecule has 21 heavy (non-hydrogen) atoms. The van der Waals surface area contributed by atoms with E-state index in [1.54, 1.807) is 0 Å². The van der Waals surface area contributed by atoms with E-state index < -0.39 is 0 Å². The average Bonchev–Trinajstić information content (AvgIpc) is 2.91. The van der Waals surface area contributed by atoms with Crippen molar-refractivity contribution in [1.82, 2.24) is 10.3 Å². The number of hydrogen-bond acceptors (Lipinski definition) is 4. The van der Waals surface area contributed by atoms with Gasteiger partial charge in [-0.15, -0.1) is 11.3 Å². The molecule has 1 aromatic rings. The molecule has 2 atom stereocenters. The predicted octanol–water partition coefficient (Wildman–Crippen LogP) is 4.26. The zero-order chi connectivity index (χ0) is 15.3. The second kappa shape index (κ2) is 7.70. The van der Waals surface area contributed by atoms with Gasteiger partial charge in [0.25, 0.3) is 0 Å². The second-order valence-corrected chi connectivity index (χ2v) is 7.40. The third-order valence-corrected chi connectivity index (χ3v) is 5.84. The van der Waals surface area contributed by atoms with Gasteiger partial charge in [-0.3, -0.25) is 0 Å². The lowest BCUT2D eigenvalue weighted by Crippen LogP contribution is -2.34. The normalized spacial score (nSPS) is 26.2. The molecule has 0 aromatic carbocycles. The molecule has 1 heterocycles. The number of thiazole rings is 1. The molecule has 0 saturated heterocycles. The van der Waals surface area contributed by atoms with Crippen LogP contribution in [0, 0.1) is 5.92 Å². The Kier molecular flexibility index (Phi) is 6.20. The average molecular weight is 311 g/mol. The Bertz CT molecular complexity index is 446. The fourth-order valence-corrected chi connectivity index (χ4v) is 4.67. The van der Waals surface area contributed by atoms with Gasteiger partial charge in [-0.25, -0.2) is 4.98 Å². The van der Waals surface area contributed by atoms with E-state index >= 15 is 0 Å². The number of methoxy groups -OCH3 is 1. The molecule has 0 bridgehead atoms. The third-order valence-electron chi connectivity index (χ3n) is 4.56. The number of hydrogen-bond donors (Lipinski definition) is 1. The van der Waals surface area contributed by atoms with Gasteiger partial charge < -0.3 is 10.1 Å². The second-order valence-electron chi connectivity index (χ2n) is 6.32. The summed E-state index contributed by atoms with van der Waals surface area (Å²) in [5.41, 5.74) is 1.13. The first-order valence-electron chi connectivity index (χ1n) is 8.40. The van der Waals surface area contributed by atoms with Gasteiger partial charge in [0, 0.05) is 18.5 Å². The minimum absolute atomic E-state index is 0.130. The SMILES string of the molecule is CCCNCc1sc(C2(OC)CCCC(C)C2)nc1CC. The van der Waals surface area contributed by atoms with Crippen LogP contribution in [0.25, 0.3) is 0 Å². The molecule has 2 unspecified atom stereocenters. The Hall–Kier alpha value is -0.450. The first kappa shape index (κ1) is 16.9. The van der Waals surface area contributed by atoms with E-state index in [-0.39, 0.29) is 5.60 Å². The highest BCUT2D eigenvalue weighted by molar-refractivity contribution is 7.11. The summed E-state index contributed by atoms with van der Waals surface area (Å²) in [6.07, 6.45) is 6.98. The molecule has 120 valence electrons. The van der Waals surface area contributed by atoms with Crippen molar-refractivity contribution in [3.05, 3.63) is 15.6 Å². The van der Waals surface area contributed by atoms with Crippen molar-refractivity contribution < 1.29 is 4.74 Å². The maximum atomic E-state index is 6.00. The van der Waals surface area contributed by atoms with Crippen LogP contribution in [0.2, 0.25) is 0 Å². The van der Waals surface area contributed by atoms with E-state index in [0.29, 0.717) is 0 Å². The number of aryl methyl sites for hydroxylation is 1. The summed E-state index contributed by atoms with van der Waals surface area (Å²) in [5.74, 6) is 0.731. The lowest BCUT2D eigenvalue weighted by Gasteiger charge is -2.37. The van der Waals surface area contributed by atoms with Gasteiger partial charge in [-0.05, 0) is 44.6 Å². The van der Waals surface area contributed by atoms with Crippen LogP contribution in [0.5, 0.6) is 0 Å². The summed E-state index contributed by atoms with van der Waals surface area (Å²) in [5, 5.41) is 4.72. The van der Waals surface area contributed by atoms with Crippen LogP contribution < -0.4 is 5.32 Å². The fourth-order valence-electron chi connectivity index (χ4n) is 3.34. The van der Waals surface area contributed by atoms with Gasteiger partial charge in [0.2, 0.25) is 0 Å². The first-order valence-corrected chi connectivity index (χ1v) is 9.21. The third kappa shape index (κ3) is 3.85. The number of aromatic nitrogens is 1. The number of ether oxygens (including phenoxy) is 1. The van der Waals surface area contributed by atoms with Crippen LogP contribution in [-0.2, 0) is 23.3 Å². The van der Waals surface area contributed by atoms with Crippen LogP contribution in [0.3, 0.4) is 0 Å². The molecule has 4 heteroatoms. The molecule has 2 rings (SSSR count). The molecule has 0 radical (unpaired) electrons. The zero-order valence-corrected chi connectivity index (χ0v) is 14.8. The molecule has 0 amide bonds. The van der Waals surface area contributed by atoms with E-state index in [4.69, 9.17) is 9.72 Å². The molecule has 1 fully saturated rings. The van der Waals surface area contributed by atoms with Gasteiger partial charge >= 0.3 is 0 Å². The standard InChI is InChI=1S/C17H30N2OS/c1-5-10-18-12-15-14(6-2)19-16(21-15)17(20-4)9-7-8-13(3)11-17/h13,18H,5-12H2,1-4H3. The highest BCUT2D eigenvalue weighted by Gasteiger charge is 2.39. The summed E-state index contributed by atoms with van der Waals surface area (Å²) >= 11 is 1.87. The van der Waals surface area contributed by atoms with Crippen molar-refractivity contribution in [2.45, 2.75) is 71.4 Å². The quantitative estimate of drug-likeness (QED) is 0.764. The van der Waals surface area contributed by atoms with E-state index in [1.807, 2.05) is 18.4 Å². The monoisotopic (exact) mass is 310 g/mol. The summed E-state index contributed by atoms with van der Waals surface area (Å²) in [6.45, 7) is 8.76. The molecule has 1 saturated carbocycles. The summed E-state index contributed by atoms with van der Waals surface area (Å²) < 4.78 is 6.00. The zero-order valence-electron chi connectivity index (χ0n) is 14.0. The summed E-state index contributed by atoms with van der Waals surface area (Å²) in [4.78, 5) is 6.36. The molecular weight excluding hydrogens is 280 g/mol. The van der Waals surface area contributed by atoms with Crippen molar-refractivity contribution >= 4 is 11.3 Å². The van der Waals surface area contributed by atoms with Crippen molar-refractivity contribution in [3.63, 3.8) is 0 Å². The molecule has 1 aliphatic carbocycles. The maximum Gasteiger partial charge on any atom is 0.125 e. The van der Waals surface area contributed by atoms with Crippen molar-refractivity contribution in [2.24, 2.45) is 5.92 Å². The minimum Gasteiger partial charge on any atom is -0.371 e. The highest BCUT2D eigenvalue weighted by Crippen LogP contribution is 2.44. The van der Waals surface area contributed by atoms with E-state index in [9.17, 15) is 0 Å². The maximum absolute atomic E-state index is 6.00. The van der Waals surface area contributed by atoms with Crippen molar-refractivity contribution in [3.8, 4) is 0 Å². The Labute approximate surface area is 133 Å². The molecule has 1 aromatic heterocycles. The van der Waals surface area contributed by atoms with Crippen LogP contribution in [0.15, 0.2) is 0 Å². The van der Waals surface area contributed by atoms with Gasteiger partial charge in [0.15, 0.2) is 0 Å². The smallest absolute Gasteiger partial charge is 0.125 e. The first-order chi connectivity index (χ1) is 10.1. The predicted molar refractivity (Wildman–Crippen MR) is 89.8 cm³/mol. The van der Waals surface area contributed by atoms with Crippen LogP contribution in [0.1, 0.15) is 68.5 Å². The Morgan fingerprint density at radius 2 is 2.24 bits per heavy atom. The van der Waals surface area contributed by atoms with Gasteiger partial charge in [-0.2, -0.15) is 0 Å². The molecule has 0 spiro atoms. The van der Waals surface area contributed by atoms with E-state index in [0.717, 1.165) is 38.3 Å². The summed E-state index contributed by atoms with van der Waals surface area (Å²) in [7, 11) is 1.86. The highest BCUT2D eigenvalue weighted by atomic mass is 32.1. The lowest BCUT2D eigenvalue weighted by atomic mass is 9.79. The van der Waals surface area contributed by atoms with Gasteiger partial charge in [-0.1, -0.05) is 27.2 Å². The molecule has 1 aliphatic rings. The Morgan fingerprint density at radius 1 is 1.43 bits per heavy atom. The summed E-state index contributed by atoms with van der Waals surface area (Å²) in [6, 6.07) is 0. The number of rotatable bonds is 7. The Morgan fingerprint density at radius 3 is 2.86 bits per heavy atom. The van der Waals surface area contributed by atoms with Crippen molar-refractivity contribution in [1.29, 1.82) is 0 Å². The molecular formula is C17H30N2OS. The van der Waals surface area contributed by atoms with Gasteiger partial charge in [0.1, 0.15) is 10.6 Å². The minimum atomic E-state index is -0.130. The van der Waals surface area contributed by atoms with Gasteiger partial charge in [0.05, 0.1) is 5.69 Å². The molecule has 0 aliphatic heterocycles. The molecule has 1 N–H and O–H groups in total. The largest absolute Gasteiger partial charge is 0.371 e. The molecule has 3 nitrogen and oxygen atoms in total. The Balaban J connectivity index is 2.21. The fraction of sp³-hybridized carbons (Fsp3) is 0.824. The number of nitrogens with one attached hydrogen (secondary N) is 1. The van der Waals surface area contributed by atoms with Crippen LogP contribution >= 0.6 is 11.3 Å². The van der Waals surface area contributed by atoms with Crippen LogP contribution in [-0.4, -0.2) is 18.6 Å². The van der Waals surface area contributed by atoms with E-state index in [2.05, 4.69) is 26.1 Å². The van der Waals surface area contributed by atoms with Crippen molar-refractivity contribution in [2.75, 3.05) is 13.7 Å². The topological polar surface area (TPSA) is 34.1 Å².